The van der Waals surface area contributed by atoms with Gasteiger partial charge >= 0.3 is 0 Å². The molecule has 0 atom stereocenters. The Balaban J connectivity index is 1.91. The molecule has 1 saturated heterocycles. The molecule has 0 spiro atoms. The molecule has 0 aromatic heterocycles. The number of benzene rings is 1. The van der Waals surface area contributed by atoms with E-state index in [1.54, 1.807) is 12.1 Å². The van der Waals surface area contributed by atoms with Crippen molar-refractivity contribution in [3.8, 4) is 0 Å². The number of aliphatic hydroxyl groups is 1. The third-order valence-electron chi connectivity index (χ3n) is 3.34. The van der Waals surface area contributed by atoms with Crippen LogP contribution >= 0.6 is 0 Å². The second-order valence-corrected chi connectivity index (χ2v) is 4.78. The largest absolute Gasteiger partial charge is 0.387 e. The van der Waals surface area contributed by atoms with E-state index in [0.717, 1.165) is 31.6 Å². The summed E-state index contributed by atoms with van der Waals surface area (Å²) in [6.07, 6.45) is 0.796. The Kier molecular flexibility index (Phi) is 3.17. The fourth-order valence-electron chi connectivity index (χ4n) is 2.15. The Bertz CT molecular complexity index is 408. The van der Waals surface area contributed by atoms with E-state index in [-0.39, 0.29) is 0 Å². The number of hydrogen-bond donors (Lipinski definition) is 2. The van der Waals surface area contributed by atoms with E-state index >= 15 is 0 Å². The van der Waals surface area contributed by atoms with Crippen molar-refractivity contribution in [2.24, 2.45) is 5.73 Å². The Hall–Kier alpha value is -1.39. The monoisotopic (exact) mass is 234 g/mol. The second-order valence-electron chi connectivity index (χ2n) is 4.78. The minimum absolute atomic E-state index is 0.402. The van der Waals surface area contributed by atoms with E-state index in [2.05, 4.69) is 4.90 Å². The lowest BCUT2D eigenvalue weighted by atomic mass is 9.91. The Morgan fingerprint density at radius 1 is 1.41 bits per heavy atom. The molecule has 0 unspecified atom stereocenters. The molecule has 1 fully saturated rings. The number of amides is 1. The summed E-state index contributed by atoms with van der Waals surface area (Å²) in [4.78, 5) is 13.1. The van der Waals surface area contributed by atoms with Crippen molar-refractivity contribution in [3.05, 3.63) is 35.4 Å². The van der Waals surface area contributed by atoms with Gasteiger partial charge < -0.3 is 10.8 Å². The number of carbonyl (C=O) groups is 1. The van der Waals surface area contributed by atoms with Gasteiger partial charge in [0.1, 0.15) is 0 Å². The summed E-state index contributed by atoms with van der Waals surface area (Å²) in [5.74, 6) is -0.402. The standard InChI is InChI=1S/C13H18N2O2/c1-2-13(17)8-15(9-13)7-10-3-5-11(6-4-10)12(14)16/h3-6,17H,2,7-9H2,1H3,(H2,14,16). The first-order valence-electron chi connectivity index (χ1n) is 5.86. The smallest absolute Gasteiger partial charge is 0.248 e. The molecule has 0 radical (unpaired) electrons. The lowest BCUT2D eigenvalue weighted by Gasteiger charge is -2.46. The summed E-state index contributed by atoms with van der Waals surface area (Å²) in [7, 11) is 0. The van der Waals surface area contributed by atoms with Crippen LogP contribution in [0.15, 0.2) is 24.3 Å². The van der Waals surface area contributed by atoms with Crippen LogP contribution in [0.3, 0.4) is 0 Å². The average Bonchev–Trinajstić information content (AvgIpc) is 2.27. The highest BCUT2D eigenvalue weighted by atomic mass is 16.3. The molecular formula is C13H18N2O2. The summed E-state index contributed by atoms with van der Waals surface area (Å²) in [6, 6.07) is 7.29. The molecule has 0 aliphatic carbocycles. The highest BCUT2D eigenvalue weighted by Crippen LogP contribution is 2.25. The van der Waals surface area contributed by atoms with E-state index in [4.69, 9.17) is 5.73 Å². The van der Waals surface area contributed by atoms with Crippen molar-refractivity contribution < 1.29 is 9.90 Å². The van der Waals surface area contributed by atoms with Crippen molar-refractivity contribution >= 4 is 5.91 Å². The van der Waals surface area contributed by atoms with Crippen molar-refractivity contribution in [2.75, 3.05) is 13.1 Å². The third kappa shape index (κ3) is 2.65. The van der Waals surface area contributed by atoms with E-state index in [9.17, 15) is 9.90 Å². The van der Waals surface area contributed by atoms with Crippen molar-refractivity contribution in [1.29, 1.82) is 0 Å². The molecule has 0 saturated carbocycles. The second kappa shape index (κ2) is 4.47. The Labute approximate surface area is 101 Å². The van der Waals surface area contributed by atoms with Crippen LogP contribution in [0, 0.1) is 0 Å². The Morgan fingerprint density at radius 3 is 2.47 bits per heavy atom. The molecule has 17 heavy (non-hydrogen) atoms. The van der Waals surface area contributed by atoms with Gasteiger partial charge in [-0.3, -0.25) is 9.69 Å². The number of rotatable bonds is 4. The zero-order valence-corrected chi connectivity index (χ0v) is 10.0. The molecule has 92 valence electrons. The third-order valence-corrected chi connectivity index (χ3v) is 3.34. The van der Waals surface area contributed by atoms with Gasteiger partial charge in [-0.15, -0.1) is 0 Å². The normalized spacial score (nSPS) is 18.7. The molecule has 1 aliphatic rings. The highest BCUT2D eigenvalue weighted by molar-refractivity contribution is 5.92. The summed E-state index contributed by atoms with van der Waals surface area (Å²) < 4.78 is 0. The van der Waals surface area contributed by atoms with Crippen LogP contribution in [0.5, 0.6) is 0 Å². The maximum Gasteiger partial charge on any atom is 0.248 e. The maximum atomic E-state index is 10.9. The van der Waals surface area contributed by atoms with Crippen molar-refractivity contribution in [2.45, 2.75) is 25.5 Å². The number of nitrogens with two attached hydrogens (primary N) is 1. The quantitative estimate of drug-likeness (QED) is 0.807. The predicted octanol–water partition coefficient (Wildman–Crippen LogP) is 0.742. The van der Waals surface area contributed by atoms with Crippen molar-refractivity contribution in [3.63, 3.8) is 0 Å². The lowest BCUT2D eigenvalue weighted by Crippen LogP contribution is -2.60. The number of β-amino-alcohol motifs (C(OH)–C–C–N with tert-alkyl or cyclic N) is 1. The van der Waals surface area contributed by atoms with Crippen LogP contribution in [-0.4, -0.2) is 34.6 Å². The van der Waals surface area contributed by atoms with Gasteiger partial charge in [0.15, 0.2) is 0 Å². The van der Waals surface area contributed by atoms with Gasteiger partial charge in [-0.05, 0) is 24.1 Å². The highest BCUT2D eigenvalue weighted by Gasteiger charge is 2.38. The fraction of sp³-hybridized carbons (Fsp3) is 0.462. The minimum Gasteiger partial charge on any atom is -0.387 e. The number of carbonyl (C=O) groups excluding carboxylic acids is 1. The van der Waals surface area contributed by atoms with E-state index < -0.39 is 11.5 Å². The average molecular weight is 234 g/mol. The van der Waals surface area contributed by atoms with Gasteiger partial charge in [-0.2, -0.15) is 0 Å². The van der Waals surface area contributed by atoms with E-state index in [0.29, 0.717) is 5.56 Å². The van der Waals surface area contributed by atoms with Crippen LogP contribution in [0.1, 0.15) is 29.3 Å². The molecule has 1 aromatic carbocycles. The van der Waals surface area contributed by atoms with Gasteiger partial charge in [0.05, 0.1) is 5.60 Å². The molecule has 4 heteroatoms. The first-order valence-corrected chi connectivity index (χ1v) is 5.86. The Morgan fingerprint density at radius 2 is 2.00 bits per heavy atom. The minimum atomic E-state index is -0.493. The topological polar surface area (TPSA) is 66.6 Å². The predicted molar refractivity (Wildman–Crippen MR) is 65.5 cm³/mol. The molecule has 4 nitrogen and oxygen atoms in total. The zero-order chi connectivity index (χ0) is 12.5. The van der Waals surface area contributed by atoms with E-state index in [1.807, 2.05) is 19.1 Å². The van der Waals surface area contributed by atoms with Gasteiger partial charge in [0.2, 0.25) is 5.91 Å². The van der Waals surface area contributed by atoms with E-state index in [1.165, 1.54) is 0 Å². The number of hydrogen-bond acceptors (Lipinski definition) is 3. The zero-order valence-electron chi connectivity index (χ0n) is 10.0. The van der Waals surface area contributed by atoms with Crippen LogP contribution in [0.2, 0.25) is 0 Å². The summed E-state index contributed by atoms with van der Waals surface area (Å²) >= 11 is 0. The number of primary amides is 1. The molecule has 2 rings (SSSR count). The van der Waals surface area contributed by atoms with Crippen LogP contribution in [-0.2, 0) is 6.54 Å². The van der Waals surface area contributed by atoms with Crippen LogP contribution < -0.4 is 5.73 Å². The molecule has 1 heterocycles. The first-order chi connectivity index (χ1) is 8.02. The molecule has 1 aliphatic heterocycles. The molecule has 3 N–H and O–H groups in total. The summed E-state index contributed by atoms with van der Waals surface area (Å²) in [5, 5.41) is 9.88. The van der Waals surface area contributed by atoms with Gasteiger partial charge in [-0.25, -0.2) is 0 Å². The molecule has 1 aromatic rings. The lowest BCUT2D eigenvalue weighted by molar-refractivity contribution is -0.103. The number of nitrogens with zero attached hydrogens (tertiary/aromatic N) is 1. The fourth-order valence-corrected chi connectivity index (χ4v) is 2.15. The SMILES string of the molecule is CCC1(O)CN(Cc2ccc(C(N)=O)cc2)C1. The van der Waals surface area contributed by atoms with Gasteiger partial charge in [0.25, 0.3) is 0 Å². The molecular weight excluding hydrogens is 216 g/mol. The van der Waals surface area contributed by atoms with Crippen molar-refractivity contribution in [1.82, 2.24) is 4.90 Å². The van der Waals surface area contributed by atoms with Gasteiger partial charge in [0, 0.05) is 25.2 Å². The molecule has 0 bridgehead atoms. The van der Waals surface area contributed by atoms with Gasteiger partial charge in [-0.1, -0.05) is 19.1 Å². The maximum absolute atomic E-state index is 10.9. The van der Waals surface area contributed by atoms with Crippen LogP contribution in [0.4, 0.5) is 0 Å². The molecule has 1 amide bonds. The summed E-state index contributed by atoms with van der Waals surface area (Å²) in [6.45, 7) is 4.25. The number of likely N-dealkylation sites (tertiary alicyclic amines) is 1. The van der Waals surface area contributed by atoms with Crippen LogP contribution in [0.25, 0.3) is 0 Å². The first kappa shape index (κ1) is 12.1. The summed E-state index contributed by atoms with van der Waals surface area (Å²) in [5.41, 5.74) is 6.34.